The molecule has 21 heavy (non-hydrogen) atoms. The average Bonchev–Trinajstić information content (AvgIpc) is 3.29. The van der Waals surface area contributed by atoms with Gasteiger partial charge >= 0.3 is 0 Å². The molecule has 0 bridgehead atoms. The molecule has 1 saturated carbocycles. The Kier molecular flexibility index (Phi) is 6.58. The molecule has 4 nitrogen and oxygen atoms in total. The van der Waals surface area contributed by atoms with Gasteiger partial charge < -0.3 is 20.1 Å². The Balaban J connectivity index is 1.58. The van der Waals surface area contributed by atoms with Crippen LogP contribution in [-0.4, -0.2) is 55.4 Å². The zero-order valence-corrected chi connectivity index (χ0v) is 13.7. The van der Waals surface area contributed by atoms with Crippen LogP contribution in [0.3, 0.4) is 0 Å². The number of halogens is 2. The molecule has 1 aromatic carbocycles. The molecule has 1 aliphatic carbocycles. The third-order valence-corrected chi connectivity index (χ3v) is 4.26. The van der Waals surface area contributed by atoms with E-state index in [0.717, 1.165) is 19.1 Å². The maximum atomic E-state index is 9.86. The summed E-state index contributed by atoms with van der Waals surface area (Å²) in [6.45, 7) is 2.62. The van der Waals surface area contributed by atoms with Crippen LogP contribution in [0.5, 0.6) is 5.75 Å². The summed E-state index contributed by atoms with van der Waals surface area (Å²) in [5.41, 5.74) is 0. The second-order valence-corrected chi connectivity index (χ2v) is 6.27. The van der Waals surface area contributed by atoms with Crippen LogP contribution in [0.2, 0.25) is 10.0 Å². The average molecular weight is 333 g/mol. The van der Waals surface area contributed by atoms with Crippen molar-refractivity contribution >= 4 is 23.2 Å². The summed E-state index contributed by atoms with van der Waals surface area (Å²) >= 11 is 11.7. The molecule has 0 saturated heterocycles. The van der Waals surface area contributed by atoms with Crippen molar-refractivity contribution in [2.24, 2.45) is 0 Å². The van der Waals surface area contributed by atoms with Crippen LogP contribution in [0.25, 0.3) is 0 Å². The molecule has 1 unspecified atom stereocenters. The van der Waals surface area contributed by atoms with Gasteiger partial charge in [-0.25, -0.2) is 0 Å². The molecular formula is C15H22Cl2N2O2. The van der Waals surface area contributed by atoms with Crippen LogP contribution in [0.4, 0.5) is 0 Å². The van der Waals surface area contributed by atoms with E-state index in [1.54, 1.807) is 18.2 Å². The topological polar surface area (TPSA) is 44.7 Å². The van der Waals surface area contributed by atoms with Crippen LogP contribution < -0.4 is 10.1 Å². The minimum absolute atomic E-state index is 0.226. The highest BCUT2D eigenvalue weighted by Crippen LogP contribution is 2.26. The lowest BCUT2D eigenvalue weighted by atomic mass is 10.3. The van der Waals surface area contributed by atoms with E-state index in [1.165, 1.54) is 12.8 Å². The first-order valence-corrected chi connectivity index (χ1v) is 7.98. The summed E-state index contributed by atoms with van der Waals surface area (Å²) in [5, 5.41) is 14.0. The molecule has 0 radical (unpaired) electrons. The fraction of sp³-hybridized carbons (Fsp3) is 0.600. The standard InChI is InChI=1S/C15H22Cl2N2O2/c1-19(11-2-3-11)7-6-18-9-12(20)10-21-13-4-5-14(16)15(17)8-13/h4-5,8,11-12,18,20H,2-3,6-7,9-10H2,1H3. The Morgan fingerprint density at radius 1 is 1.38 bits per heavy atom. The van der Waals surface area contributed by atoms with E-state index in [1.807, 2.05) is 0 Å². The van der Waals surface area contributed by atoms with Crippen molar-refractivity contribution in [1.82, 2.24) is 10.2 Å². The fourth-order valence-corrected chi connectivity index (χ4v) is 2.33. The summed E-state index contributed by atoms with van der Waals surface area (Å²) in [7, 11) is 2.14. The highest BCUT2D eigenvalue weighted by atomic mass is 35.5. The summed E-state index contributed by atoms with van der Waals surface area (Å²) < 4.78 is 5.49. The molecule has 6 heteroatoms. The molecule has 0 aromatic heterocycles. The second kappa shape index (κ2) is 8.20. The minimum Gasteiger partial charge on any atom is -0.491 e. The van der Waals surface area contributed by atoms with Gasteiger partial charge in [-0.15, -0.1) is 0 Å². The van der Waals surface area contributed by atoms with E-state index < -0.39 is 6.10 Å². The molecule has 2 N–H and O–H groups in total. The number of benzene rings is 1. The number of aliphatic hydroxyl groups is 1. The summed E-state index contributed by atoms with van der Waals surface area (Å²) in [6, 6.07) is 5.83. The molecule has 1 aliphatic rings. The van der Waals surface area contributed by atoms with Crippen molar-refractivity contribution < 1.29 is 9.84 Å². The van der Waals surface area contributed by atoms with Crippen molar-refractivity contribution in [1.29, 1.82) is 0 Å². The Hall–Kier alpha value is -0.520. The molecule has 0 spiro atoms. The Morgan fingerprint density at radius 3 is 2.81 bits per heavy atom. The smallest absolute Gasteiger partial charge is 0.121 e. The predicted molar refractivity (Wildman–Crippen MR) is 86.5 cm³/mol. The predicted octanol–water partition coefficient (Wildman–Crippen LogP) is 2.42. The van der Waals surface area contributed by atoms with Crippen molar-refractivity contribution in [3.8, 4) is 5.75 Å². The number of hydrogen-bond acceptors (Lipinski definition) is 4. The third kappa shape index (κ3) is 6.01. The van der Waals surface area contributed by atoms with E-state index in [-0.39, 0.29) is 6.61 Å². The second-order valence-electron chi connectivity index (χ2n) is 5.46. The normalized spacial score (nSPS) is 16.2. The van der Waals surface area contributed by atoms with E-state index >= 15 is 0 Å². The minimum atomic E-state index is -0.550. The third-order valence-electron chi connectivity index (χ3n) is 3.52. The molecule has 118 valence electrons. The lowest BCUT2D eigenvalue weighted by molar-refractivity contribution is 0.106. The highest BCUT2D eigenvalue weighted by molar-refractivity contribution is 6.42. The van der Waals surface area contributed by atoms with Crippen molar-refractivity contribution in [3.63, 3.8) is 0 Å². The van der Waals surface area contributed by atoms with Gasteiger partial charge in [0.2, 0.25) is 0 Å². The largest absolute Gasteiger partial charge is 0.491 e. The highest BCUT2D eigenvalue weighted by Gasteiger charge is 2.25. The number of nitrogens with one attached hydrogen (secondary N) is 1. The molecule has 1 atom stereocenters. The number of likely N-dealkylation sites (N-methyl/N-ethyl adjacent to an activating group) is 1. The van der Waals surface area contributed by atoms with Gasteiger partial charge in [0.05, 0.1) is 10.0 Å². The fourth-order valence-electron chi connectivity index (χ4n) is 2.04. The molecule has 1 fully saturated rings. The van der Waals surface area contributed by atoms with Crippen LogP contribution in [0, 0.1) is 0 Å². The zero-order valence-electron chi connectivity index (χ0n) is 12.2. The van der Waals surface area contributed by atoms with Gasteiger partial charge in [0.25, 0.3) is 0 Å². The van der Waals surface area contributed by atoms with Gasteiger partial charge in [0, 0.05) is 31.7 Å². The lowest BCUT2D eigenvalue weighted by Gasteiger charge is -2.17. The monoisotopic (exact) mass is 332 g/mol. The van der Waals surface area contributed by atoms with E-state index in [2.05, 4.69) is 17.3 Å². The molecular weight excluding hydrogens is 311 g/mol. The number of nitrogens with zero attached hydrogens (tertiary/aromatic N) is 1. The number of ether oxygens (including phenoxy) is 1. The molecule has 0 aliphatic heterocycles. The first-order valence-electron chi connectivity index (χ1n) is 7.23. The molecule has 0 amide bonds. The molecule has 0 heterocycles. The van der Waals surface area contributed by atoms with Gasteiger partial charge in [-0.2, -0.15) is 0 Å². The number of aliphatic hydroxyl groups excluding tert-OH is 1. The Bertz CT molecular complexity index is 455. The summed E-state index contributed by atoms with van der Waals surface area (Å²) in [6.07, 6.45) is 2.08. The Labute approximate surface area is 136 Å². The van der Waals surface area contributed by atoms with Crippen LogP contribution in [-0.2, 0) is 0 Å². The molecule has 1 aromatic rings. The van der Waals surface area contributed by atoms with Crippen molar-refractivity contribution in [2.45, 2.75) is 25.0 Å². The summed E-state index contributed by atoms with van der Waals surface area (Å²) in [4.78, 5) is 2.35. The van der Waals surface area contributed by atoms with E-state index in [4.69, 9.17) is 27.9 Å². The summed E-state index contributed by atoms with van der Waals surface area (Å²) in [5.74, 6) is 0.608. The van der Waals surface area contributed by atoms with Crippen molar-refractivity contribution in [2.75, 3.05) is 33.3 Å². The number of rotatable bonds is 9. The van der Waals surface area contributed by atoms with Gasteiger partial charge in [-0.05, 0) is 32.0 Å². The maximum absolute atomic E-state index is 9.86. The van der Waals surface area contributed by atoms with Crippen molar-refractivity contribution in [3.05, 3.63) is 28.2 Å². The van der Waals surface area contributed by atoms with E-state index in [0.29, 0.717) is 22.3 Å². The van der Waals surface area contributed by atoms with Gasteiger partial charge in [0.15, 0.2) is 0 Å². The lowest BCUT2D eigenvalue weighted by Crippen LogP contribution is -2.36. The molecule has 2 rings (SSSR count). The maximum Gasteiger partial charge on any atom is 0.121 e. The number of hydrogen-bond donors (Lipinski definition) is 2. The first kappa shape index (κ1) is 16.8. The SMILES string of the molecule is CN(CCNCC(O)COc1ccc(Cl)c(Cl)c1)C1CC1. The van der Waals surface area contributed by atoms with Gasteiger partial charge in [-0.1, -0.05) is 23.2 Å². The van der Waals surface area contributed by atoms with Crippen LogP contribution >= 0.6 is 23.2 Å². The quantitative estimate of drug-likeness (QED) is 0.682. The van der Waals surface area contributed by atoms with Gasteiger partial charge in [0.1, 0.15) is 18.5 Å². The zero-order chi connectivity index (χ0) is 15.2. The Morgan fingerprint density at radius 2 is 2.14 bits per heavy atom. The van der Waals surface area contributed by atoms with Crippen LogP contribution in [0.15, 0.2) is 18.2 Å². The first-order chi connectivity index (χ1) is 10.1. The van der Waals surface area contributed by atoms with Crippen LogP contribution in [0.1, 0.15) is 12.8 Å². The van der Waals surface area contributed by atoms with E-state index in [9.17, 15) is 5.11 Å². The van der Waals surface area contributed by atoms with Gasteiger partial charge in [-0.3, -0.25) is 0 Å².